The average molecular weight is 372 g/mol. The lowest BCUT2D eigenvalue weighted by molar-refractivity contribution is 0.456. The number of nitrogens with one attached hydrogen (secondary N) is 1. The van der Waals surface area contributed by atoms with Gasteiger partial charge < -0.3 is 4.90 Å². The van der Waals surface area contributed by atoms with Crippen LogP contribution in [-0.4, -0.2) is 47.1 Å². The van der Waals surface area contributed by atoms with E-state index in [0.29, 0.717) is 10.7 Å². The zero-order valence-electron chi connectivity index (χ0n) is 14.4. The molecule has 3 heterocycles. The molecule has 2 aromatic heterocycles. The average Bonchev–Trinajstić information content (AvgIpc) is 3.10. The van der Waals surface area contributed by atoms with Crippen molar-refractivity contribution in [3.05, 3.63) is 48.4 Å². The normalized spacial score (nSPS) is 16.3. The number of anilines is 1. The van der Waals surface area contributed by atoms with Gasteiger partial charge in [0.25, 0.3) is 5.78 Å². The number of sulfonamides is 1. The third kappa shape index (κ3) is 3.27. The van der Waals surface area contributed by atoms with E-state index in [4.69, 9.17) is 0 Å². The molecule has 0 radical (unpaired) electrons. The van der Waals surface area contributed by atoms with Crippen molar-refractivity contribution in [2.45, 2.75) is 30.7 Å². The third-order valence-corrected chi connectivity index (χ3v) is 6.09. The Hall–Kier alpha value is -2.52. The minimum Gasteiger partial charge on any atom is -0.356 e. The summed E-state index contributed by atoms with van der Waals surface area (Å²) in [6.07, 6.45) is 2.94. The maximum Gasteiger partial charge on any atom is 0.254 e. The molecule has 1 fully saturated rings. The molecule has 4 rings (SSSR count). The molecule has 0 spiro atoms. The van der Waals surface area contributed by atoms with Crippen LogP contribution in [0.15, 0.2) is 47.6 Å². The second-order valence-electron chi connectivity index (χ2n) is 6.42. The number of hydrogen-bond donors (Lipinski definition) is 1. The van der Waals surface area contributed by atoms with Crippen LogP contribution in [0.2, 0.25) is 0 Å². The van der Waals surface area contributed by atoms with E-state index >= 15 is 0 Å². The van der Waals surface area contributed by atoms with E-state index in [9.17, 15) is 8.42 Å². The second-order valence-corrected chi connectivity index (χ2v) is 8.14. The van der Waals surface area contributed by atoms with E-state index in [-0.39, 0.29) is 6.04 Å². The van der Waals surface area contributed by atoms with Gasteiger partial charge >= 0.3 is 0 Å². The molecule has 0 saturated carbocycles. The Balaban J connectivity index is 1.47. The number of nitrogens with zero attached hydrogens (tertiary/aromatic N) is 5. The van der Waals surface area contributed by atoms with E-state index < -0.39 is 10.0 Å². The van der Waals surface area contributed by atoms with Gasteiger partial charge in [0.2, 0.25) is 10.0 Å². The maximum absolute atomic E-state index is 12.5. The van der Waals surface area contributed by atoms with Crippen LogP contribution in [0.4, 0.5) is 5.82 Å². The van der Waals surface area contributed by atoms with Gasteiger partial charge in [0.1, 0.15) is 12.1 Å². The van der Waals surface area contributed by atoms with Gasteiger partial charge in [-0.2, -0.15) is 14.6 Å². The number of aromatic nitrogens is 4. The number of hydrogen-bond acceptors (Lipinski definition) is 6. The third-order valence-electron chi connectivity index (χ3n) is 4.56. The molecule has 0 bridgehead atoms. The molecular formula is C17H20N6O2S. The Morgan fingerprint density at radius 1 is 1.15 bits per heavy atom. The Labute approximate surface area is 151 Å². The fraction of sp³-hybridized carbons (Fsp3) is 0.353. The molecule has 1 aliphatic rings. The predicted octanol–water partition coefficient (Wildman–Crippen LogP) is 1.38. The van der Waals surface area contributed by atoms with Gasteiger partial charge in [-0.3, -0.25) is 0 Å². The Morgan fingerprint density at radius 3 is 2.62 bits per heavy atom. The zero-order valence-corrected chi connectivity index (χ0v) is 15.2. The van der Waals surface area contributed by atoms with E-state index in [1.165, 1.54) is 6.33 Å². The predicted molar refractivity (Wildman–Crippen MR) is 97.5 cm³/mol. The van der Waals surface area contributed by atoms with Crippen LogP contribution in [0.25, 0.3) is 5.78 Å². The van der Waals surface area contributed by atoms with E-state index in [1.54, 1.807) is 34.8 Å². The molecule has 1 saturated heterocycles. The van der Waals surface area contributed by atoms with Crippen molar-refractivity contribution in [2.75, 3.05) is 18.0 Å². The summed E-state index contributed by atoms with van der Waals surface area (Å²) in [5, 5.41) is 4.24. The highest BCUT2D eigenvalue weighted by atomic mass is 32.2. The van der Waals surface area contributed by atoms with Crippen molar-refractivity contribution >= 4 is 21.6 Å². The van der Waals surface area contributed by atoms with Crippen molar-refractivity contribution < 1.29 is 8.42 Å². The Bertz CT molecular complexity index is 1010. The summed E-state index contributed by atoms with van der Waals surface area (Å²) < 4.78 is 29.5. The quantitative estimate of drug-likeness (QED) is 0.744. The van der Waals surface area contributed by atoms with Gasteiger partial charge in [-0.25, -0.2) is 18.1 Å². The van der Waals surface area contributed by atoms with Gasteiger partial charge in [-0.1, -0.05) is 18.2 Å². The lowest BCUT2D eigenvalue weighted by Gasteiger charge is -2.33. The van der Waals surface area contributed by atoms with E-state index in [2.05, 4.69) is 24.7 Å². The van der Waals surface area contributed by atoms with E-state index in [1.807, 2.05) is 13.0 Å². The van der Waals surface area contributed by atoms with Crippen molar-refractivity contribution in [1.29, 1.82) is 0 Å². The molecule has 8 nitrogen and oxygen atoms in total. The fourth-order valence-electron chi connectivity index (χ4n) is 3.25. The standard InChI is InChI=1S/C17H20N6O2S/c1-13-11-16(23-17(20-13)18-12-19-23)22-9-7-14(8-10-22)21-26(24,25)15-5-3-2-4-6-15/h2-6,11-12,14,21H,7-10H2,1H3. The molecule has 0 amide bonds. The number of aryl methyl sites for hydroxylation is 1. The minimum atomic E-state index is -3.48. The topological polar surface area (TPSA) is 92.5 Å². The van der Waals surface area contributed by atoms with Gasteiger partial charge in [0.05, 0.1) is 4.90 Å². The summed E-state index contributed by atoms with van der Waals surface area (Å²) in [4.78, 5) is 11.0. The van der Waals surface area contributed by atoms with Crippen LogP contribution in [0, 0.1) is 6.92 Å². The van der Waals surface area contributed by atoms with Crippen LogP contribution < -0.4 is 9.62 Å². The first kappa shape index (κ1) is 16.9. The number of fused-ring (bicyclic) bond motifs is 1. The molecule has 1 aliphatic heterocycles. The Morgan fingerprint density at radius 2 is 1.88 bits per heavy atom. The molecular weight excluding hydrogens is 352 g/mol. The maximum atomic E-state index is 12.5. The van der Waals surface area contributed by atoms with Crippen LogP contribution in [0.3, 0.4) is 0 Å². The van der Waals surface area contributed by atoms with Crippen LogP contribution in [0.5, 0.6) is 0 Å². The smallest absolute Gasteiger partial charge is 0.254 e. The number of benzene rings is 1. The molecule has 3 aromatic rings. The van der Waals surface area contributed by atoms with Crippen LogP contribution >= 0.6 is 0 Å². The molecule has 136 valence electrons. The van der Waals surface area contributed by atoms with Crippen molar-refractivity contribution in [3.8, 4) is 0 Å². The first-order valence-corrected chi connectivity index (χ1v) is 10.0. The summed E-state index contributed by atoms with van der Waals surface area (Å²) >= 11 is 0. The van der Waals surface area contributed by atoms with E-state index in [0.717, 1.165) is 37.4 Å². The van der Waals surface area contributed by atoms with Crippen LogP contribution in [-0.2, 0) is 10.0 Å². The number of rotatable bonds is 4. The molecule has 0 atom stereocenters. The summed E-state index contributed by atoms with van der Waals surface area (Å²) in [5.41, 5.74) is 0.882. The molecule has 1 N–H and O–H groups in total. The highest BCUT2D eigenvalue weighted by Gasteiger charge is 2.26. The minimum absolute atomic E-state index is 0.0781. The van der Waals surface area contributed by atoms with Crippen LogP contribution in [0.1, 0.15) is 18.5 Å². The largest absolute Gasteiger partial charge is 0.356 e. The summed E-state index contributed by atoms with van der Waals surface area (Å²) in [6, 6.07) is 10.4. The lowest BCUT2D eigenvalue weighted by Crippen LogP contribution is -2.45. The SMILES string of the molecule is Cc1cc(N2CCC(NS(=O)(=O)c3ccccc3)CC2)n2ncnc2n1. The highest BCUT2D eigenvalue weighted by molar-refractivity contribution is 7.89. The summed E-state index contributed by atoms with van der Waals surface area (Å²) in [6.45, 7) is 3.40. The molecule has 1 aromatic carbocycles. The van der Waals surface area contributed by atoms with Gasteiger partial charge in [0, 0.05) is 30.9 Å². The lowest BCUT2D eigenvalue weighted by atomic mass is 10.1. The van der Waals surface area contributed by atoms with Crippen molar-refractivity contribution in [1.82, 2.24) is 24.3 Å². The molecule has 0 aliphatic carbocycles. The first-order chi connectivity index (χ1) is 12.5. The monoisotopic (exact) mass is 372 g/mol. The highest BCUT2D eigenvalue weighted by Crippen LogP contribution is 2.22. The van der Waals surface area contributed by atoms with Gasteiger partial charge in [-0.05, 0) is 31.9 Å². The fourth-order valence-corrected chi connectivity index (χ4v) is 4.58. The van der Waals surface area contributed by atoms with Gasteiger partial charge in [0.15, 0.2) is 0 Å². The Kier molecular flexibility index (Phi) is 4.33. The summed E-state index contributed by atoms with van der Waals surface area (Å²) in [7, 11) is -3.48. The first-order valence-electron chi connectivity index (χ1n) is 8.53. The van der Waals surface area contributed by atoms with Crippen molar-refractivity contribution in [3.63, 3.8) is 0 Å². The number of piperidine rings is 1. The molecule has 0 unspecified atom stereocenters. The zero-order chi connectivity index (χ0) is 18.1. The van der Waals surface area contributed by atoms with Gasteiger partial charge in [-0.15, -0.1) is 0 Å². The molecule has 26 heavy (non-hydrogen) atoms. The van der Waals surface area contributed by atoms with Crippen molar-refractivity contribution in [2.24, 2.45) is 0 Å². The summed E-state index contributed by atoms with van der Waals surface area (Å²) in [5.74, 6) is 1.52. The molecule has 9 heteroatoms. The second kappa shape index (κ2) is 6.65.